The fourth-order valence-corrected chi connectivity index (χ4v) is 3.43. The van der Waals surface area contributed by atoms with Crippen LogP contribution in [0.3, 0.4) is 0 Å². The van der Waals surface area contributed by atoms with Crippen LogP contribution in [0.25, 0.3) is 0 Å². The van der Waals surface area contributed by atoms with Crippen molar-refractivity contribution in [3.63, 3.8) is 0 Å². The molecular weight excluding hydrogens is 414 g/mol. The number of hydrogen-bond acceptors (Lipinski definition) is 6. The fourth-order valence-electron chi connectivity index (χ4n) is 3.22. The van der Waals surface area contributed by atoms with Crippen LogP contribution in [0.5, 0.6) is 0 Å². The van der Waals surface area contributed by atoms with Gasteiger partial charge in [0.15, 0.2) is 5.78 Å². The van der Waals surface area contributed by atoms with Gasteiger partial charge in [-0.2, -0.15) is 0 Å². The molecule has 2 N–H and O–H groups in total. The number of piperazine rings is 1. The third-order valence-electron chi connectivity index (χ3n) is 4.95. The Bertz CT molecular complexity index is 1070. The largest absolute Gasteiger partial charge is 0.352 e. The van der Waals surface area contributed by atoms with Gasteiger partial charge in [0.05, 0.1) is 11.1 Å². The first-order valence-corrected chi connectivity index (χ1v) is 10.1. The molecule has 1 unspecified atom stereocenters. The van der Waals surface area contributed by atoms with Crippen LogP contribution in [-0.2, 0) is 4.79 Å². The van der Waals surface area contributed by atoms with Crippen LogP contribution in [0, 0.1) is 24.2 Å². The number of nitrogens with two attached hydrogens (primary N) is 1. The van der Waals surface area contributed by atoms with E-state index >= 15 is 0 Å². The lowest BCUT2D eigenvalue weighted by molar-refractivity contribution is -0.125. The summed E-state index contributed by atoms with van der Waals surface area (Å²) in [5.74, 6) is 7.70. The number of benzene rings is 1. The SMILES string of the molecule is C#CCC(C)(N)C(=O)c1c(Cl)ncnc1N1CCN(C(=O)C#Cc2ccccc2)CC1. The van der Waals surface area contributed by atoms with Gasteiger partial charge in [0, 0.05) is 44.1 Å². The molecule has 1 aliphatic heterocycles. The molecule has 1 fully saturated rings. The number of amides is 1. The van der Waals surface area contributed by atoms with Crippen molar-refractivity contribution in [2.75, 3.05) is 31.1 Å². The molecule has 0 spiro atoms. The lowest BCUT2D eigenvalue weighted by atomic mass is 9.90. The number of halogens is 1. The zero-order valence-electron chi connectivity index (χ0n) is 17.1. The number of aromatic nitrogens is 2. The van der Waals surface area contributed by atoms with E-state index in [1.165, 1.54) is 6.33 Å². The molecule has 0 aliphatic carbocycles. The molecule has 31 heavy (non-hydrogen) atoms. The minimum atomic E-state index is -1.29. The summed E-state index contributed by atoms with van der Waals surface area (Å²) in [6.07, 6.45) is 6.70. The first kappa shape index (κ1) is 22.3. The minimum absolute atomic E-state index is 0.0240. The van der Waals surface area contributed by atoms with Crippen LogP contribution in [0.1, 0.15) is 29.3 Å². The number of Topliss-reactive ketones (excluding diaryl/α,β-unsaturated/α-hetero) is 1. The van der Waals surface area contributed by atoms with Crippen LogP contribution >= 0.6 is 11.6 Å². The standard InChI is InChI=1S/C23H22ClN5O2/c1-3-11-23(2,25)20(31)19-21(24)26-16-27-22(19)29-14-12-28(13-15-29)18(30)10-9-17-7-5-4-6-8-17/h1,4-8,16H,11-15,25H2,2H3. The van der Waals surface area contributed by atoms with E-state index in [-0.39, 0.29) is 23.0 Å². The van der Waals surface area contributed by atoms with E-state index in [0.29, 0.717) is 32.0 Å². The second-order valence-corrected chi connectivity index (χ2v) is 7.74. The summed E-state index contributed by atoms with van der Waals surface area (Å²) in [5, 5.41) is 0.0240. The highest BCUT2D eigenvalue weighted by molar-refractivity contribution is 6.34. The Morgan fingerprint density at radius 3 is 2.52 bits per heavy atom. The lowest BCUT2D eigenvalue weighted by Gasteiger charge is -2.35. The van der Waals surface area contributed by atoms with Gasteiger partial charge in [0.25, 0.3) is 5.91 Å². The maximum absolute atomic E-state index is 13.0. The number of ketones is 1. The summed E-state index contributed by atoms with van der Waals surface area (Å²) in [4.78, 5) is 37.3. The Morgan fingerprint density at radius 1 is 1.19 bits per heavy atom. The topological polar surface area (TPSA) is 92.4 Å². The van der Waals surface area contributed by atoms with Crippen LogP contribution in [0.2, 0.25) is 5.15 Å². The highest BCUT2D eigenvalue weighted by atomic mass is 35.5. The van der Waals surface area contributed by atoms with E-state index in [2.05, 4.69) is 27.7 Å². The van der Waals surface area contributed by atoms with Crippen LogP contribution in [0.4, 0.5) is 5.82 Å². The van der Waals surface area contributed by atoms with Gasteiger partial charge < -0.3 is 15.5 Å². The second-order valence-electron chi connectivity index (χ2n) is 7.39. The third-order valence-corrected chi connectivity index (χ3v) is 5.24. The molecular formula is C23H22ClN5O2. The number of carbonyl (C=O) groups is 2. The molecule has 0 saturated carbocycles. The molecule has 8 heteroatoms. The molecule has 2 aromatic rings. The van der Waals surface area contributed by atoms with Crippen molar-refractivity contribution in [3.05, 3.63) is 52.9 Å². The Hall–Kier alpha value is -3.39. The summed E-state index contributed by atoms with van der Waals surface area (Å²) in [6.45, 7) is 3.35. The second kappa shape index (κ2) is 9.61. The van der Waals surface area contributed by atoms with E-state index < -0.39 is 11.3 Å². The van der Waals surface area contributed by atoms with Gasteiger partial charge in [0.1, 0.15) is 17.3 Å². The van der Waals surface area contributed by atoms with Crippen molar-refractivity contribution < 1.29 is 9.59 Å². The number of anilines is 1. The fraction of sp³-hybridized carbons (Fsp3) is 0.304. The zero-order valence-corrected chi connectivity index (χ0v) is 17.9. The zero-order chi connectivity index (χ0) is 22.4. The highest BCUT2D eigenvalue weighted by Gasteiger charge is 2.35. The number of rotatable bonds is 4. The van der Waals surface area contributed by atoms with E-state index in [1.54, 1.807) is 11.8 Å². The molecule has 1 atom stereocenters. The van der Waals surface area contributed by atoms with Gasteiger partial charge in [-0.25, -0.2) is 9.97 Å². The molecule has 1 aromatic heterocycles. The summed E-state index contributed by atoms with van der Waals surface area (Å²) >= 11 is 6.24. The Morgan fingerprint density at radius 2 is 1.87 bits per heavy atom. The van der Waals surface area contributed by atoms with Crippen LogP contribution < -0.4 is 10.6 Å². The first-order valence-electron chi connectivity index (χ1n) is 9.72. The van der Waals surface area contributed by atoms with Crippen molar-refractivity contribution >= 4 is 29.1 Å². The van der Waals surface area contributed by atoms with E-state index in [0.717, 1.165) is 5.56 Å². The molecule has 1 aliphatic rings. The van der Waals surface area contributed by atoms with Crippen molar-refractivity contribution in [2.24, 2.45) is 5.73 Å². The number of nitrogens with zero attached hydrogens (tertiary/aromatic N) is 4. The number of hydrogen-bond donors (Lipinski definition) is 1. The van der Waals surface area contributed by atoms with Crippen LogP contribution in [-0.4, -0.2) is 58.3 Å². The van der Waals surface area contributed by atoms with Gasteiger partial charge in [-0.1, -0.05) is 35.7 Å². The number of carbonyl (C=O) groups excluding carboxylic acids is 2. The predicted molar refractivity (Wildman–Crippen MR) is 120 cm³/mol. The van der Waals surface area contributed by atoms with E-state index in [9.17, 15) is 9.59 Å². The molecule has 3 rings (SSSR count). The maximum atomic E-state index is 13.0. The van der Waals surface area contributed by atoms with E-state index in [1.807, 2.05) is 35.2 Å². The van der Waals surface area contributed by atoms with Gasteiger partial charge in [-0.15, -0.1) is 12.3 Å². The quantitative estimate of drug-likeness (QED) is 0.447. The van der Waals surface area contributed by atoms with Crippen molar-refractivity contribution in [3.8, 4) is 24.2 Å². The molecule has 0 radical (unpaired) electrons. The van der Waals surface area contributed by atoms with Crippen molar-refractivity contribution in [1.29, 1.82) is 0 Å². The smallest absolute Gasteiger partial charge is 0.298 e. The average molecular weight is 436 g/mol. The Balaban J connectivity index is 1.74. The molecule has 1 aromatic carbocycles. The summed E-state index contributed by atoms with van der Waals surface area (Å²) < 4.78 is 0. The first-order chi connectivity index (χ1) is 14.8. The Kier molecular flexibility index (Phi) is 6.91. The lowest BCUT2D eigenvalue weighted by Crippen LogP contribution is -2.50. The van der Waals surface area contributed by atoms with E-state index in [4.69, 9.17) is 23.8 Å². The van der Waals surface area contributed by atoms with Crippen LogP contribution in [0.15, 0.2) is 36.7 Å². The van der Waals surface area contributed by atoms with Gasteiger partial charge in [-0.3, -0.25) is 9.59 Å². The van der Waals surface area contributed by atoms with Crippen molar-refractivity contribution in [1.82, 2.24) is 14.9 Å². The number of terminal acetylenes is 1. The summed E-state index contributed by atoms with van der Waals surface area (Å²) in [7, 11) is 0. The maximum Gasteiger partial charge on any atom is 0.298 e. The summed E-state index contributed by atoms with van der Waals surface area (Å²) in [6, 6.07) is 9.33. The highest BCUT2D eigenvalue weighted by Crippen LogP contribution is 2.28. The normalized spacial score (nSPS) is 15.3. The molecule has 7 nitrogen and oxygen atoms in total. The molecule has 1 saturated heterocycles. The molecule has 1 amide bonds. The van der Waals surface area contributed by atoms with Gasteiger partial charge in [0.2, 0.25) is 0 Å². The summed E-state index contributed by atoms with van der Waals surface area (Å²) in [5.41, 5.74) is 5.76. The minimum Gasteiger partial charge on any atom is -0.352 e. The van der Waals surface area contributed by atoms with Gasteiger partial charge >= 0.3 is 0 Å². The molecule has 0 bridgehead atoms. The predicted octanol–water partition coefficient (Wildman–Crippen LogP) is 1.75. The average Bonchev–Trinajstić information content (AvgIpc) is 2.77. The Labute approximate surface area is 186 Å². The molecule has 158 valence electrons. The van der Waals surface area contributed by atoms with Gasteiger partial charge in [-0.05, 0) is 19.1 Å². The monoisotopic (exact) mass is 435 g/mol. The third kappa shape index (κ3) is 5.21. The van der Waals surface area contributed by atoms with Crippen molar-refractivity contribution in [2.45, 2.75) is 18.9 Å². The molecule has 2 heterocycles.